The Hall–Kier alpha value is -4.64. The number of rotatable bonds is 10. The first-order chi connectivity index (χ1) is 23.6. The van der Waals surface area contributed by atoms with Crippen LogP contribution in [-0.4, -0.2) is 36.3 Å². The maximum atomic E-state index is 11.8. The van der Waals surface area contributed by atoms with E-state index in [4.69, 9.17) is 4.74 Å². The van der Waals surface area contributed by atoms with E-state index in [1.54, 1.807) is 7.05 Å². The molecule has 3 aromatic carbocycles. The molecule has 6 rings (SSSR count). The zero-order chi connectivity index (χ0) is 34.8. The summed E-state index contributed by atoms with van der Waals surface area (Å²) in [5.41, 5.74) is 11.3. The quantitative estimate of drug-likeness (QED) is 0.222. The zero-order valence-electron chi connectivity index (χ0n) is 30.4. The summed E-state index contributed by atoms with van der Waals surface area (Å²) in [6, 6.07) is 25.8. The largest absolute Gasteiger partial charge is 0.457 e. The predicted molar refractivity (Wildman–Crippen MR) is 203 cm³/mol. The van der Waals surface area contributed by atoms with Crippen LogP contribution in [0, 0.1) is 0 Å². The maximum Gasteiger partial charge on any atom is 0.220 e. The molecule has 0 saturated carbocycles. The summed E-state index contributed by atoms with van der Waals surface area (Å²) >= 11 is 0. The van der Waals surface area contributed by atoms with Gasteiger partial charge in [0.1, 0.15) is 18.1 Å². The van der Waals surface area contributed by atoms with Gasteiger partial charge in [-0.25, -0.2) is 0 Å². The number of anilines is 1. The third-order valence-corrected chi connectivity index (χ3v) is 10.7. The van der Waals surface area contributed by atoms with E-state index < -0.39 is 0 Å². The second kappa shape index (κ2) is 14.1. The number of aryl methyl sites for hydroxylation is 1. The molecule has 0 radical (unpaired) electrons. The first kappa shape index (κ1) is 34.2. The van der Waals surface area contributed by atoms with Gasteiger partial charge in [-0.05, 0) is 106 Å². The fraction of sp³-hybridized carbons (Fsp3) is 0.364. The van der Waals surface area contributed by atoms with E-state index >= 15 is 0 Å². The topological polar surface area (TPSA) is 44.6 Å². The van der Waals surface area contributed by atoms with Crippen molar-refractivity contribution in [2.75, 3.05) is 25.0 Å². The molecular weight excluding hydrogens is 603 g/mol. The molecule has 3 aromatic rings. The summed E-state index contributed by atoms with van der Waals surface area (Å²) in [5.74, 6) is 1.81. The number of hydrogen-bond acceptors (Lipinski definition) is 3. The van der Waals surface area contributed by atoms with Gasteiger partial charge in [-0.2, -0.15) is 4.58 Å². The van der Waals surface area contributed by atoms with E-state index in [9.17, 15) is 4.79 Å². The van der Waals surface area contributed by atoms with Gasteiger partial charge in [0, 0.05) is 54.5 Å². The standard InChI is InChI=1S/C44H51N3O2/c1-8-46-37-19-12-10-17-35(37)43(3,4)39(46)28-24-32-15-14-16-33(42(32)49-34-26-21-31(22-27-34)23-30-41(48)45-7)25-29-40-44(5,6)36-18-11-13-20-38(36)47(40)9-2/h10-13,17-22,24-29H,8-9,14-16,23,30H2,1-7H3/p+1. The Bertz CT molecular complexity index is 1880. The lowest BCUT2D eigenvalue weighted by Crippen LogP contribution is -2.27. The van der Waals surface area contributed by atoms with Crippen molar-refractivity contribution in [1.82, 2.24) is 5.32 Å². The number of amides is 1. The van der Waals surface area contributed by atoms with E-state index in [0.717, 1.165) is 49.4 Å². The fourth-order valence-corrected chi connectivity index (χ4v) is 7.90. The van der Waals surface area contributed by atoms with Crippen LogP contribution in [-0.2, 0) is 22.0 Å². The molecule has 3 aliphatic rings. The van der Waals surface area contributed by atoms with E-state index in [1.165, 1.54) is 45.1 Å². The van der Waals surface area contributed by atoms with Crippen molar-refractivity contribution in [2.45, 2.75) is 84.5 Å². The van der Waals surface area contributed by atoms with Crippen molar-refractivity contribution in [1.29, 1.82) is 0 Å². The van der Waals surface area contributed by atoms with Crippen molar-refractivity contribution in [3.05, 3.63) is 136 Å². The summed E-state index contributed by atoms with van der Waals surface area (Å²) in [5, 5.41) is 2.71. The van der Waals surface area contributed by atoms with Crippen molar-refractivity contribution in [2.24, 2.45) is 0 Å². The number of para-hydroxylation sites is 2. The fourth-order valence-electron chi connectivity index (χ4n) is 7.90. The summed E-state index contributed by atoms with van der Waals surface area (Å²) in [7, 11) is 1.68. The van der Waals surface area contributed by atoms with Gasteiger partial charge >= 0.3 is 0 Å². The van der Waals surface area contributed by atoms with Crippen LogP contribution >= 0.6 is 0 Å². The van der Waals surface area contributed by atoms with Gasteiger partial charge in [0.2, 0.25) is 11.6 Å². The average molecular weight is 655 g/mol. The van der Waals surface area contributed by atoms with Gasteiger partial charge < -0.3 is 15.0 Å². The Kier molecular flexibility index (Phi) is 9.83. The minimum Gasteiger partial charge on any atom is -0.457 e. The molecule has 0 spiro atoms. The average Bonchev–Trinajstić information content (AvgIpc) is 3.47. The number of fused-ring (bicyclic) bond motifs is 2. The smallest absolute Gasteiger partial charge is 0.220 e. The van der Waals surface area contributed by atoms with Crippen LogP contribution in [0.1, 0.15) is 83.9 Å². The van der Waals surface area contributed by atoms with Crippen LogP contribution in [0.5, 0.6) is 5.75 Å². The van der Waals surface area contributed by atoms with Gasteiger partial charge in [0.15, 0.2) is 5.71 Å². The number of carbonyl (C=O) groups excluding carboxylic acids is 1. The molecule has 5 heteroatoms. The van der Waals surface area contributed by atoms with Crippen LogP contribution in [0.3, 0.4) is 0 Å². The van der Waals surface area contributed by atoms with Crippen molar-refractivity contribution < 1.29 is 14.1 Å². The molecule has 0 fully saturated rings. The molecule has 0 bridgehead atoms. The number of nitrogens with zero attached hydrogens (tertiary/aromatic N) is 2. The normalized spacial score (nSPS) is 19.6. The molecule has 1 amide bonds. The predicted octanol–water partition coefficient (Wildman–Crippen LogP) is 9.46. The number of allylic oxidation sites excluding steroid dienone is 7. The van der Waals surface area contributed by atoms with E-state index in [2.05, 4.69) is 141 Å². The van der Waals surface area contributed by atoms with E-state index in [1.807, 2.05) is 12.1 Å². The highest BCUT2D eigenvalue weighted by molar-refractivity contribution is 6.03. The molecule has 0 atom stereocenters. The Morgan fingerprint density at radius 3 is 2.31 bits per heavy atom. The van der Waals surface area contributed by atoms with Crippen molar-refractivity contribution in [3.63, 3.8) is 0 Å². The number of benzene rings is 3. The minimum atomic E-state index is -0.0976. The van der Waals surface area contributed by atoms with Gasteiger partial charge in [-0.1, -0.05) is 68.5 Å². The number of carbonyl (C=O) groups is 1. The second-order valence-corrected chi connectivity index (χ2v) is 14.4. The molecule has 0 saturated heterocycles. The van der Waals surface area contributed by atoms with Crippen LogP contribution in [0.25, 0.3) is 0 Å². The maximum absolute atomic E-state index is 11.8. The first-order valence-electron chi connectivity index (χ1n) is 18.0. The summed E-state index contributed by atoms with van der Waals surface area (Å²) in [4.78, 5) is 14.3. The molecule has 0 aromatic heterocycles. The van der Waals surface area contributed by atoms with Gasteiger partial charge in [-0.15, -0.1) is 0 Å². The molecule has 0 unspecified atom stereocenters. The monoisotopic (exact) mass is 654 g/mol. The highest BCUT2D eigenvalue weighted by Crippen LogP contribution is 2.48. The van der Waals surface area contributed by atoms with Crippen LogP contribution in [0.4, 0.5) is 11.4 Å². The lowest BCUT2D eigenvalue weighted by Gasteiger charge is -2.26. The van der Waals surface area contributed by atoms with Crippen LogP contribution in [0.15, 0.2) is 120 Å². The third-order valence-electron chi connectivity index (χ3n) is 10.7. The number of ether oxygens (including phenoxy) is 1. The second-order valence-electron chi connectivity index (χ2n) is 14.4. The highest BCUT2D eigenvalue weighted by atomic mass is 16.5. The molecule has 49 heavy (non-hydrogen) atoms. The van der Waals surface area contributed by atoms with Gasteiger partial charge in [0.05, 0.1) is 5.41 Å². The number of likely N-dealkylation sites (N-methyl/N-ethyl adjacent to an activating group) is 1. The minimum absolute atomic E-state index is 0.0521. The SMILES string of the molecule is CCN1C(=CC=C2CCCC(C=CC3=[N+](CC)c4ccccc4C3(C)C)=C2Oc2ccc(CCC(=O)NC)cc2)C(C)(C)c2ccccc21. The first-order valence-corrected chi connectivity index (χ1v) is 18.0. The molecule has 5 nitrogen and oxygen atoms in total. The van der Waals surface area contributed by atoms with E-state index in [-0.39, 0.29) is 16.7 Å². The third kappa shape index (κ3) is 6.56. The molecule has 254 valence electrons. The van der Waals surface area contributed by atoms with Crippen LogP contribution < -0.4 is 15.0 Å². The number of nitrogens with one attached hydrogen (secondary N) is 1. The Morgan fingerprint density at radius 2 is 1.59 bits per heavy atom. The Morgan fingerprint density at radius 1 is 0.878 bits per heavy atom. The molecule has 2 aliphatic heterocycles. The Labute approximate surface area is 293 Å². The van der Waals surface area contributed by atoms with Crippen molar-refractivity contribution >= 4 is 23.0 Å². The lowest BCUT2D eigenvalue weighted by atomic mass is 9.81. The zero-order valence-corrected chi connectivity index (χ0v) is 30.4. The molecule has 1 aliphatic carbocycles. The van der Waals surface area contributed by atoms with Crippen molar-refractivity contribution in [3.8, 4) is 5.75 Å². The van der Waals surface area contributed by atoms with Gasteiger partial charge in [0.25, 0.3) is 0 Å². The molecular formula is C44H52N3O2+. The number of hydrogen-bond donors (Lipinski definition) is 1. The molecule has 2 heterocycles. The summed E-state index contributed by atoms with van der Waals surface area (Å²) < 4.78 is 9.31. The lowest BCUT2D eigenvalue weighted by molar-refractivity contribution is -0.433. The summed E-state index contributed by atoms with van der Waals surface area (Å²) in [6.45, 7) is 15.6. The van der Waals surface area contributed by atoms with Crippen LogP contribution in [0.2, 0.25) is 0 Å². The van der Waals surface area contributed by atoms with E-state index in [0.29, 0.717) is 12.8 Å². The van der Waals surface area contributed by atoms with Gasteiger partial charge in [-0.3, -0.25) is 4.79 Å². The highest BCUT2D eigenvalue weighted by Gasteiger charge is 2.43. The molecule has 1 N–H and O–H groups in total. The summed E-state index contributed by atoms with van der Waals surface area (Å²) in [6.07, 6.45) is 13.4. The Balaban J connectivity index is 1.40.